The smallest absolute Gasteiger partial charge is 0.260 e. The molecule has 6 nitrogen and oxygen atoms in total. The number of rotatable bonds is 3. The number of nitrogens with zero attached hydrogens (tertiary/aromatic N) is 2. The molecule has 3 N–H and O–H groups in total. The third kappa shape index (κ3) is 2.43. The topological polar surface area (TPSA) is 92.1 Å². The first-order valence-electron chi connectivity index (χ1n) is 6.24. The highest BCUT2D eigenvalue weighted by Gasteiger charge is 2.33. The molecule has 7 heteroatoms. The minimum atomic E-state index is -3.47. The maximum Gasteiger partial charge on any atom is 0.260 e. The average Bonchev–Trinajstić information content (AvgIpc) is 2.81. The lowest BCUT2D eigenvalue weighted by molar-refractivity contribution is 0.252. The zero-order valence-electron chi connectivity index (χ0n) is 10.8. The van der Waals surface area contributed by atoms with Gasteiger partial charge < -0.3 is 10.7 Å². The van der Waals surface area contributed by atoms with E-state index in [0.29, 0.717) is 31.3 Å². The molecule has 1 aliphatic heterocycles. The maximum absolute atomic E-state index is 12.4. The number of piperidine rings is 1. The number of aromatic amines is 1. The summed E-state index contributed by atoms with van der Waals surface area (Å²) < 4.78 is 26.2. The van der Waals surface area contributed by atoms with Gasteiger partial charge in [0, 0.05) is 25.6 Å². The summed E-state index contributed by atoms with van der Waals surface area (Å²) in [6.07, 6.45) is 2.87. The summed E-state index contributed by atoms with van der Waals surface area (Å²) in [5.41, 5.74) is 5.94. The standard InChI is InChI=1S/C11H20N4O2S/c1-3-10-13-6-11(14-10)18(16,17)15-5-4-8(2)9(12)7-15/h6,8-9H,3-5,7,12H2,1-2H3,(H,13,14). The molecule has 0 saturated carbocycles. The van der Waals surface area contributed by atoms with Crippen molar-refractivity contribution < 1.29 is 8.42 Å². The predicted octanol–water partition coefficient (Wildman–Crippen LogP) is 0.330. The molecule has 0 amide bonds. The highest BCUT2D eigenvalue weighted by molar-refractivity contribution is 7.89. The number of hydrogen-bond donors (Lipinski definition) is 2. The quantitative estimate of drug-likeness (QED) is 0.829. The summed E-state index contributed by atoms with van der Waals surface area (Å²) in [5.74, 6) is 1.05. The Morgan fingerprint density at radius 2 is 2.33 bits per heavy atom. The van der Waals surface area contributed by atoms with Crippen molar-refractivity contribution >= 4 is 10.0 Å². The van der Waals surface area contributed by atoms with Crippen LogP contribution in [0.4, 0.5) is 0 Å². The Morgan fingerprint density at radius 1 is 1.61 bits per heavy atom. The number of aryl methyl sites for hydroxylation is 1. The zero-order valence-corrected chi connectivity index (χ0v) is 11.6. The van der Waals surface area contributed by atoms with Gasteiger partial charge in [-0.2, -0.15) is 4.31 Å². The minimum Gasteiger partial charge on any atom is -0.332 e. The summed E-state index contributed by atoms with van der Waals surface area (Å²) in [6.45, 7) is 4.88. The molecule has 1 aromatic heterocycles. The molecule has 18 heavy (non-hydrogen) atoms. The molecule has 2 unspecified atom stereocenters. The minimum absolute atomic E-state index is 0.0953. The van der Waals surface area contributed by atoms with Crippen LogP contribution >= 0.6 is 0 Å². The van der Waals surface area contributed by atoms with Crippen LogP contribution in [-0.2, 0) is 16.4 Å². The lowest BCUT2D eigenvalue weighted by Crippen LogP contribution is -2.49. The number of hydrogen-bond acceptors (Lipinski definition) is 4. The van der Waals surface area contributed by atoms with Crippen LogP contribution in [0.1, 0.15) is 26.1 Å². The molecule has 0 radical (unpaired) electrons. The molecule has 1 fully saturated rings. The van der Waals surface area contributed by atoms with Gasteiger partial charge in [0.2, 0.25) is 0 Å². The molecule has 1 aromatic rings. The van der Waals surface area contributed by atoms with Gasteiger partial charge in [-0.1, -0.05) is 13.8 Å². The van der Waals surface area contributed by atoms with Crippen LogP contribution in [0.2, 0.25) is 0 Å². The van der Waals surface area contributed by atoms with E-state index in [1.165, 1.54) is 10.5 Å². The molecule has 2 heterocycles. The summed E-state index contributed by atoms with van der Waals surface area (Å²) in [7, 11) is -3.47. The Morgan fingerprint density at radius 3 is 2.89 bits per heavy atom. The first-order chi connectivity index (χ1) is 8.45. The molecule has 0 spiro atoms. The van der Waals surface area contributed by atoms with Crippen molar-refractivity contribution in [2.45, 2.75) is 37.8 Å². The van der Waals surface area contributed by atoms with Gasteiger partial charge in [-0.05, 0) is 12.3 Å². The summed E-state index contributed by atoms with van der Waals surface area (Å²) in [6, 6.07) is -0.0953. The lowest BCUT2D eigenvalue weighted by atomic mass is 9.96. The van der Waals surface area contributed by atoms with Gasteiger partial charge >= 0.3 is 0 Å². The van der Waals surface area contributed by atoms with E-state index in [-0.39, 0.29) is 11.1 Å². The summed E-state index contributed by atoms with van der Waals surface area (Å²) in [5, 5.41) is 0.168. The van der Waals surface area contributed by atoms with E-state index in [2.05, 4.69) is 16.9 Å². The maximum atomic E-state index is 12.4. The molecule has 0 aromatic carbocycles. The molecular weight excluding hydrogens is 252 g/mol. The second-order valence-corrected chi connectivity index (χ2v) is 6.75. The van der Waals surface area contributed by atoms with Gasteiger partial charge in [-0.15, -0.1) is 0 Å². The summed E-state index contributed by atoms with van der Waals surface area (Å²) in [4.78, 5) is 6.88. The van der Waals surface area contributed by atoms with Crippen molar-refractivity contribution in [3.05, 3.63) is 12.0 Å². The van der Waals surface area contributed by atoms with E-state index < -0.39 is 10.0 Å². The Labute approximate surface area is 108 Å². The zero-order chi connectivity index (χ0) is 13.3. The van der Waals surface area contributed by atoms with Crippen molar-refractivity contribution in [2.24, 2.45) is 11.7 Å². The van der Waals surface area contributed by atoms with Gasteiger partial charge in [0.15, 0.2) is 5.03 Å². The number of nitrogens with one attached hydrogen (secondary N) is 1. The van der Waals surface area contributed by atoms with Crippen molar-refractivity contribution in [3.63, 3.8) is 0 Å². The van der Waals surface area contributed by atoms with Gasteiger partial charge in [-0.25, -0.2) is 13.4 Å². The molecule has 1 aliphatic rings. The van der Waals surface area contributed by atoms with Crippen LogP contribution in [0.25, 0.3) is 0 Å². The Bertz CT molecular complexity index is 511. The fraction of sp³-hybridized carbons (Fsp3) is 0.727. The van der Waals surface area contributed by atoms with Crippen LogP contribution in [0.15, 0.2) is 11.2 Å². The largest absolute Gasteiger partial charge is 0.332 e. The van der Waals surface area contributed by atoms with E-state index >= 15 is 0 Å². The molecular formula is C11H20N4O2S. The molecule has 102 valence electrons. The van der Waals surface area contributed by atoms with E-state index in [0.717, 1.165) is 6.42 Å². The van der Waals surface area contributed by atoms with Gasteiger partial charge in [0.1, 0.15) is 5.82 Å². The monoisotopic (exact) mass is 272 g/mol. The first kappa shape index (κ1) is 13.5. The average molecular weight is 272 g/mol. The van der Waals surface area contributed by atoms with Crippen LogP contribution in [0, 0.1) is 5.92 Å². The van der Waals surface area contributed by atoms with E-state index in [9.17, 15) is 8.42 Å². The third-order valence-corrected chi connectivity index (χ3v) is 5.31. The Hall–Kier alpha value is -0.920. The fourth-order valence-electron chi connectivity index (χ4n) is 2.08. The highest BCUT2D eigenvalue weighted by Crippen LogP contribution is 2.22. The molecule has 1 saturated heterocycles. The third-order valence-electron chi connectivity index (χ3n) is 3.54. The predicted molar refractivity (Wildman–Crippen MR) is 68.5 cm³/mol. The van der Waals surface area contributed by atoms with Crippen LogP contribution in [0.5, 0.6) is 0 Å². The SMILES string of the molecule is CCc1ncc(S(=O)(=O)N2CCC(C)C(N)C2)[nH]1. The lowest BCUT2D eigenvalue weighted by Gasteiger charge is -2.33. The van der Waals surface area contributed by atoms with Gasteiger partial charge in [-0.3, -0.25) is 0 Å². The first-order valence-corrected chi connectivity index (χ1v) is 7.68. The normalized spacial score (nSPS) is 26.4. The highest BCUT2D eigenvalue weighted by atomic mass is 32.2. The van der Waals surface area contributed by atoms with Crippen molar-refractivity contribution in [2.75, 3.05) is 13.1 Å². The summed E-state index contributed by atoms with van der Waals surface area (Å²) >= 11 is 0. The van der Waals surface area contributed by atoms with Crippen LogP contribution < -0.4 is 5.73 Å². The number of aromatic nitrogens is 2. The van der Waals surface area contributed by atoms with E-state index in [1.54, 1.807) is 0 Å². The number of H-pyrrole nitrogens is 1. The van der Waals surface area contributed by atoms with Crippen LogP contribution in [-0.4, -0.2) is 41.8 Å². The van der Waals surface area contributed by atoms with Crippen molar-refractivity contribution in [1.29, 1.82) is 0 Å². The van der Waals surface area contributed by atoms with E-state index in [4.69, 9.17) is 5.73 Å². The van der Waals surface area contributed by atoms with Gasteiger partial charge in [0.25, 0.3) is 10.0 Å². The van der Waals surface area contributed by atoms with Gasteiger partial charge in [0.05, 0.1) is 6.20 Å². The second-order valence-electron chi connectivity index (χ2n) is 4.84. The molecule has 0 aliphatic carbocycles. The number of sulfonamides is 1. The van der Waals surface area contributed by atoms with E-state index in [1.807, 2.05) is 6.92 Å². The van der Waals surface area contributed by atoms with Crippen molar-refractivity contribution in [1.82, 2.24) is 14.3 Å². The number of nitrogens with two attached hydrogens (primary N) is 1. The second kappa shape index (κ2) is 4.99. The molecule has 2 rings (SSSR count). The Balaban J connectivity index is 2.21. The van der Waals surface area contributed by atoms with Crippen LogP contribution in [0.3, 0.4) is 0 Å². The Kier molecular flexibility index (Phi) is 3.74. The number of imidazole rings is 1. The molecule has 2 atom stereocenters. The molecule has 0 bridgehead atoms. The van der Waals surface area contributed by atoms with Crippen molar-refractivity contribution in [3.8, 4) is 0 Å². The fourth-order valence-corrected chi connectivity index (χ4v) is 3.50.